The molecule has 2 N–H and O–H groups in total. The maximum absolute atomic E-state index is 10.8. The Labute approximate surface area is 152 Å². The molecule has 0 spiro atoms. The smallest absolute Gasteiger partial charge is 0.404 e. The predicted molar refractivity (Wildman–Crippen MR) is 105 cm³/mol. The number of nitrogens with zero attached hydrogens (tertiary/aromatic N) is 1. The lowest BCUT2D eigenvalue weighted by Gasteiger charge is -2.33. The zero-order valence-electron chi connectivity index (χ0n) is 15.7. The molecule has 0 saturated heterocycles. The molecule has 4 nitrogen and oxygen atoms in total. The van der Waals surface area contributed by atoms with Crippen LogP contribution in [0.3, 0.4) is 0 Å². The first-order chi connectivity index (χ1) is 12.1. The molecule has 0 heterocycles. The Morgan fingerprint density at radius 2 is 2.08 bits per heavy atom. The number of primary amides is 1. The highest BCUT2D eigenvalue weighted by molar-refractivity contribution is 5.70. The molecule has 1 aromatic carbocycles. The summed E-state index contributed by atoms with van der Waals surface area (Å²) in [5.74, 6) is 0. The molecule has 0 bridgehead atoms. The van der Waals surface area contributed by atoms with Crippen LogP contribution in [0.1, 0.15) is 63.9 Å². The van der Waals surface area contributed by atoms with E-state index in [1.54, 1.807) is 0 Å². The van der Waals surface area contributed by atoms with Gasteiger partial charge in [0, 0.05) is 18.8 Å². The Bertz CT molecular complexity index is 577. The normalized spacial score (nSPS) is 15.8. The number of carbonyl (C=O) groups is 1. The van der Waals surface area contributed by atoms with E-state index in [1.807, 2.05) is 6.08 Å². The number of amides is 1. The summed E-state index contributed by atoms with van der Waals surface area (Å²) in [7, 11) is 2.21. The van der Waals surface area contributed by atoms with Crippen LogP contribution in [0.5, 0.6) is 0 Å². The van der Waals surface area contributed by atoms with Crippen molar-refractivity contribution in [3.63, 3.8) is 0 Å². The van der Waals surface area contributed by atoms with Crippen molar-refractivity contribution < 1.29 is 9.53 Å². The monoisotopic (exact) mass is 344 g/mol. The van der Waals surface area contributed by atoms with Gasteiger partial charge in [-0.25, -0.2) is 4.79 Å². The Morgan fingerprint density at radius 3 is 2.76 bits per heavy atom. The zero-order chi connectivity index (χ0) is 18.1. The number of hydrogen-bond acceptors (Lipinski definition) is 3. The van der Waals surface area contributed by atoms with Gasteiger partial charge in [0.15, 0.2) is 0 Å². The van der Waals surface area contributed by atoms with Crippen LogP contribution < -0.4 is 10.6 Å². The molecule has 1 amide bonds. The molecule has 0 aromatic heterocycles. The van der Waals surface area contributed by atoms with Crippen LogP contribution in [0, 0.1) is 0 Å². The molecule has 1 fully saturated rings. The third-order valence-corrected chi connectivity index (χ3v) is 5.10. The molecule has 0 radical (unpaired) electrons. The number of carbonyl (C=O) groups excluding carboxylic acids is 1. The van der Waals surface area contributed by atoms with Gasteiger partial charge in [-0.05, 0) is 55.0 Å². The van der Waals surface area contributed by atoms with Crippen LogP contribution in [-0.2, 0) is 4.74 Å². The molecule has 0 atom stereocenters. The molecule has 1 aliphatic rings. The Kier molecular flexibility index (Phi) is 7.83. The lowest BCUT2D eigenvalue weighted by atomic mass is 9.93. The van der Waals surface area contributed by atoms with E-state index < -0.39 is 6.09 Å². The highest BCUT2D eigenvalue weighted by atomic mass is 16.5. The van der Waals surface area contributed by atoms with Gasteiger partial charge < -0.3 is 15.4 Å². The van der Waals surface area contributed by atoms with E-state index in [4.69, 9.17) is 10.5 Å². The van der Waals surface area contributed by atoms with Gasteiger partial charge in [-0.15, -0.1) is 0 Å². The van der Waals surface area contributed by atoms with E-state index >= 15 is 0 Å². The predicted octanol–water partition coefficient (Wildman–Crippen LogP) is 5.12. The van der Waals surface area contributed by atoms with Crippen molar-refractivity contribution in [2.45, 2.75) is 64.3 Å². The third kappa shape index (κ3) is 6.11. The van der Waals surface area contributed by atoms with Gasteiger partial charge in [0.1, 0.15) is 6.61 Å². The van der Waals surface area contributed by atoms with E-state index in [0.717, 1.165) is 19.3 Å². The molecule has 1 aromatic rings. The number of hydrogen-bond donors (Lipinski definition) is 1. The van der Waals surface area contributed by atoms with Crippen molar-refractivity contribution in [1.82, 2.24) is 0 Å². The SMILES string of the molecule is CCCCC(=CCOC(N)=O)c1cccc(N(C)C2CCCCC2)c1. The van der Waals surface area contributed by atoms with Crippen molar-refractivity contribution in [2.75, 3.05) is 18.6 Å². The van der Waals surface area contributed by atoms with E-state index in [0.29, 0.717) is 6.04 Å². The Morgan fingerprint density at radius 1 is 1.32 bits per heavy atom. The van der Waals surface area contributed by atoms with E-state index in [9.17, 15) is 4.79 Å². The fourth-order valence-electron chi connectivity index (χ4n) is 3.56. The average Bonchev–Trinajstić information content (AvgIpc) is 2.64. The van der Waals surface area contributed by atoms with Gasteiger partial charge in [0.05, 0.1) is 0 Å². The van der Waals surface area contributed by atoms with Crippen LogP contribution in [0.15, 0.2) is 30.3 Å². The summed E-state index contributed by atoms with van der Waals surface area (Å²) in [5, 5.41) is 0. The second-order valence-electron chi connectivity index (χ2n) is 6.92. The highest BCUT2D eigenvalue weighted by Gasteiger charge is 2.18. The minimum atomic E-state index is -0.725. The third-order valence-electron chi connectivity index (χ3n) is 5.10. The fraction of sp³-hybridized carbons (Fsp3) is 0.571. The van der Waals surface area contributed by atoms with Crippen LogP contribution in [0.2, 0.25) is 0 Å². The summed E-state index contributed by atoms with van der Waals surface area (Å²) in [5.41, 5.74) is 8.77. The topological polar surface area (TPSA) is 55.6 Å². The van der Waals surface area contributed by atoms with Gasteiger partial charge in [-0.3, -0.25) is 0 Å². The second kappa shape index (κ2) is 10.1. The number of ether oxygens (including phenoxy) is 1. The van der Waals surface area contributed by atoms with Crippen molar-refractivity contribution in [1.29, 1.82) is 0 Å². The first kappa shape index (κ1) is 19.4. The number of allylic oxidation sites excluding steroid dienone is 1. The number of unbranched alkanes of at least 4 members (excludes halogenated alkanes) is 1. The maximum atomic E-state index is 10.8. The molecule has 0 aliphatic heterocycles. The van der Waals surface area contributed by atoms with Crippen LogP contribution >= 0.6 is 0 Å². The van der Waals surface area contributed by atoms with Crippen LogP contribution in [0.25, 0.3) is 5.57 Å². The van der Waals surface area contributed by atoms with Gasteiger partial charge in [-0.2, -0.15) is 0 Å². The molecule has 1 saturated carbocycles. The van der Waals surface area contributed by atoms with Gasteiger partial charge in [0.2, 0.25) is 0 Å². The molecular formula is C21H32N2O2. The average molecular weight is 344 g/mol. The first-order valence-electron chi connectivity index (χ1n) is 9.56. The summed E-state index contributed by atoms with van der Waals surface area (Å²) in [6, 6.07) is 9.36. The summed E-state index contributed by atoms with van der Waals surface area (Å²) in [6.45, 7) is 2.42. The van der Waals surface area contributed by atoms with Crippen molar-refractivity contribution in [2.24, 2.45) is 5.73 Å². The number of rotatable bonds is 8. The van der Waals surface area contributed by atoms with Gasteiger partial charge in [-0.1, -0.05) is 44.7 Å². The van der Waals surface area contributed by atoms with Crippen molar-refractivity contribution >= 4 is 17.4 Å². The van der Waals surface area contributed by atoms with Gasteiger partial charge >= 0.3 is 6.09 Å². The molecular weight excluding hydrogens is 312 g/mol. The molecule has 1 aliphatic carbocycles. The standard InChI is InChI=1S/C21H32N2O2/c1-3-4-9-17(14-15-25-21(22)24)18-10-8-13-20(16-18)23(2)19-11-6-5-7-12-19/h8,10,13-14,16,19H,3-7,9,11-12,15H2,1-2H3,(H2,22,24). The van der Waals surface area contributed by atoms with E-state index in [-0.39, 0.29) is 6.61 Å². The minimum Gasteiger partial charge on any atom is -0.445 e. The largest absolute Gasteiger partial charge is 0.445 e. The lowest BCUT2D eigenvalue weighted by molar-refractivity contribution is 0.169. The van der Waals surface area contributed by atoms with Crippen LogP contribution in [-0.4, -0.2) is 25.8 Å². The maximum Gasteiger partial charge on any atom is 0.404 e. The molecule has 25 heavy (non-hydrogen) atoms. The highest BCUT2D eigenvalue weighted by Crippen LogP contribution is 2.29. The molecule has 4 heteroatoms. The van der Waals surface area contributed by atoms with E-state index in [2.05, 4.69) is 43.1 Å². The number of benzene rings is 1. The molecule has 0 unspecified atom stereocenters. The lowest BCUT2D eigenvalue weighted by Crippen LogP contribution is -2.33. The molecule has 2 rings (SSSR count). The zero-order valence-corrected chi connectivity index (χ0v) is 15.7. The summed E-state index contributed by atoms with van der Waals surface area (Å²) < 4.78 is 4.90. The Hall–Kier alpha value is -1.97. The number of anilines is 1. The first-order valence-corrected chi connectivity index (χ1v) is 9.56. The summed E-state index contributed by atoms with van der Waals surface area (Å²) in [4.78, 5) is 13.2. The van der Waals surface area contributed by atoms with E-state index in [1.165, 1.54) is 48.9 Å². The Balaban J connectivity index is 2.15. The minimum absolute atomic E-state index is 0.233. The summed E-state index contributed by atoms with van der Waals surface area (Å²) in [6.07, 6.45) is 11.1. The fourth-order valence-corrected chi connectivity index (χ4v) is 3.56. The van der Waals surface area contributed by atoms with Crippen LogP contribution in [0.4, 0.5) is 10.5 Å². The van der Waals surface area contributed by atoms with Crippen molar-refractivity contribution in [3.05, 3.63) is 35.9 Å². The second-order valence-corrected chi connectivity index (χ2v) is 6.92. The quantitative estimate of drug-likeness (QED) is 0.711. The summed E-state index contributed by atoms with van der Waals surface area (Å²) >= 11 is 0. The van der Waals surface area contributed by atoms with Crippen molar-refractivity contribution in [3.8, 4) is 0 Å². The van der Waals surface area contributed by atoms with Gasteiger partial charge in [0.25, 0.3) is 0 Å². The molecule has 138 valence electrons. The number of nitrogens with two attached hydrogens (primary N) is 1.